The van der Waals surface area contributed by atoms with E-state index >= 15 is 0 Å². The Hall–Kier alpha value is -2.63. The second kappa shape index (κ2) is 6.01. The van der Waals surface area contributed by atoms with Crippen molar-refractivity contribution in [1.82, 2.24) is 14.7 Å². The van der Waals surface area contributed by atoms with Crippen LogP contribution in [0.5, 0.6) is 0 Å². The third-order valence-corrected chi connectivity index (χ3v) is 3.76. The van der Waals surface area contributed by atoms with Gasteiger partial charge in [0.2, 0.25) is 5.91 Å². The SMILES string of the molecule is CC(=O)Nc1ccn([C@H]2CCN(C(=O)c3ccccc3)C2)n1. The molecule has 22 heavy (non-hydrogen) atoms. The van der Waals surface area contributed by atoms with Gasteiger partial charge in [0.05, 0.1) is 6.04 Å². The molecule has 3 rings (SSSR count). The molecule has 1 aromatic heterocycles. The fourth-order valence-corrected chi connectivity index (χ4v) is 2.69. The first-order valence-electron chi connectivity index (χ1n) is 7.30. The molecule has 1 aromatic carbocycles. The summed E-state index contributed by atoms with van der Waals surface area (Å²) in [4.78, 5) is 25.3. The van der Waals surface area contributed by atoms with Crippen LogP contribution in [0.4, 0.5) is 5.82 Å². The van der Waals surface area contributed by atoms with E-state index in [0.717, 1.165) is 6.42 Å². The second-order valence-electron chi connectivity index (χ2n) is 5.42. The van der Waals surface area contributed by atoms with Gasteiger partial charge in [0.1, 0.15) is 0 Å². The lowest BCUT2D eigenvalue weighted by atomic mass is 10.2. The van der Waals surface area contributed by atoms with Gasteiger partial charge in [-0.05, 0) is 18.6 Å². The fourth-order valence-electron chi connectivity index (χ4n) is 2.69. The molecule has 1 aliphatic rings. The Morgan fingerprint density at radius 1 is 1.23 bits per heavy atom. The fraction of sp³-hybridized carbons (Fsp3) is 0.312. The number of carbonyl (C=O) groups excluding carboxylic acids is 2. The van der Waals surface area contributed by atoms with Gasteiger partial charge < -0.3 is 10.2 Å². The molecule has 0 aliphatic carbocycles. The number of nitrogens with zero attached hydrogens (tertiary/aromatic N) is 3. The standard InChI is InChI=1S/C16H18N4O2/c1-12(21)17-15-8-10-20(18-15)14-7-9-19(11-14)16(22)13-5-3-2-4-6-13/h2-6,8,10,14H,7,9,11H2,1H3,(H,17,18,21)/t14-/m0/s1. The van der Waals surface area contributed by atoms with Crippen LogP contribution in [0.25, 0.3) is 0 Å². The summed E-state index contributed by atoms with van der Waals surface area (Å²) < 4.78 is 1.82. The van der Waals surface area contributed by atoms with Gasteiger partial charge in [-0.25, -0.2) is 0 Å². The van der Waals surface area contributed by atoms with E-state index in [-0.39, 0.29) is 17.9 Å². The van der Waals surface area contributed by atoms with Crippen LogP contribution in [0.3, 0.4) is 0 Å². The number of amides is 2. The highest BCUT2D eigenvalue weighted by atomic mass is 16.2. The minimum Gasteiger partial charge on any atom is -0.336 e. The van der Waals surface area contributed by atoms with Gasteiger partial charge >= 0.3 is 0 Å². The summed E-state index contributed by atoms with van der Waals surface area (Å²) in [5.74, 6) is 0.454. The van der Waals surface area contributed by atoms with E-state index in [1.54, 1.807) is 6.07 Å². The molecule has 0 radical (unpaired) electrons. The normalized spacial score (nSPS) is 17.5. The van der Waals surface area contributed by atoms with Crippen LogP contribution in [0.1, 0.15) is 29.7 Å². The Kier molecular flexibility index (Phi) is 3.91. The summed E-state index contributed by atoms with van der Waals surface area (Å²) in [7, 11) is 0. The predicted octanol–water partition coefficient (Wildman–Crippen LogP) is 1.93. The van der Waals surface area contributed by atoms with E-state index in [1.165, 1.54) is 6.92 Å². The number of likely N-dealkylation sites (tertiary alicyclic amines) is 1. The summed E-state index contributed by atoms with van der Waals surface area (Å²) in [6.07, 6.45) is 2.70. The first kappa shape index (κ1) is 14.3. The molecule has 0 saturated carbocycles. The molecule has 1 N–H and O–H groups in total. The van der Waals surface area contributed by atoms with Gasteiger partial charge in [0.25, 0.3) is 5.91 Å². The van der Waals surface area contributed by atoms with Gasteiger partial charge in [-0.1, -0.05) is 18.2 Å². The second-order valence-corrected chi connectivity index (χ2v) is 5.42. The molecule has 1 aliphatic heterocycles. The van der Waals surface area contributed by atoms with Crippen molar-refractivity contribution in [3.8, 4) is 0 Å². The number of carbonyl (C=O) groups is 2. The molecule has 114 valence electrons. The lowest BCUT2D eigenvalue weighted by Gasteiger charge is -2.16. The summed E-state index contributed by atoms with van der Waals surface area (Å²) in [6, 6.07) is 11.2. The average molecular weight is 298 g/mol. The van der Waals surface area contributed by atoms with Crippen LogP contribution in [0, 0.1) is 0 Å². The van der Waals surface area contributed by atoms with Crippen LogP contribution in [-0.4, -0.2) is 39.6 Å². The minimum absolute atomic E-state index is 0.0531. The van der Waals surface area contributed by atoms with Crippen molar-refractivity contribution in [2.24, 2.45) is 0 Å². The summed E-state index contributed by atoms with van der Waals surface area (Å²) in [5, 5.41) is 7.00. The molecule has 1 atom stereocenters. The highest BCUT2D eigenvalue weighted by Gasteiger charge is 2.28. The van der Waals surface area contributed by atoms with Crippen molar-refractivity contribution in [2.75, 3.05) is 18.4 Å². The van der Waals surface area contributed by atoms with Crippen molar-refractivity contribution in [2.45, 2.75) is 19.4 Å². The van der Waals surface area contributed by atoms with Crippen molar-refractivity contribution in [3.63, 3.8) is 0 Å². The van der Waals surface area contributed by atoms with Crippen molar-refractivity contribution in [1.29, 1.82) is 0 Å². The lowest BCUT2D eigenvalue weighted by molar-refractivity contribution is -0.114. The molecule has 1 saturated heterocycles. The van der Waals surface area contributed by atoms with Gasteiger partial charge in [-0.15, -0.1) is 0 Å². The average Bonchev–Trinajstić information content (AvgIpc) is 3.15. The maximum atomic E-state index is 12.4. The summed E-state index contributed by atoms with van der Waals surface area (Å²) in [6.45, 7) is 2.80. The zero-order chi connectivity index (χ0) is 15.5. The Bertz CT molecular complexity index is 680. The number of nitrogens with one attached hydrogen (secondary N) is 1. The monoisotopic (exact) mass is 298 g/mol. The molecular formula is C16H18N4O2. The zero-order valence-corrected chi connectivity index (χ0v) is 12.4. The summed E-state index contributed by atoms with van der Waals surface area (Å²) in [5.41, 5.74) is 0.711. The molecule has 2 aromatic rings. The van der Waals surface area contributed by atoms with Crippen LogP contribution in [0.2, 0.25) is 0 Å². The molecule has 2 heterocycles. The molecular weight excluding hydrogens is 280 g/mol. The minimum atomic E-state index is -0.141. The molecule has 6 heteroatoms. The molecule has 6 nitrogen and oxygen atoms in total. The molecule has 0 bridgehead atoms. The number of hydrogen-bond acceptors (Lipinski definition) is 3. The van der Waals surface area contributed by atoms with Crippen molar-refractivity contribution in [3.05, 3.63) is 48.2 Å². The van der Waals surface area contributed by atoms with Crippen LogP contribution in [-0.2, 0) is 4.79 Å². The zero-order valence-electron chi connectivity index (χ0n) is 12.4. The first-order valence-corrected chi connectivity index (χ1v) is 7.30. The predicted molar refractivity (Wildman–Crippen MR) is 82.5 cm³/mol. The molecule has 0 unspecified atom stereocenters. The Labute approximate surface area is 128 Å². The van der Waals surface area contributed by atoms with E-state index < -0.39 is 0 Å². The quantitative estimate of drug-likeness (QED) is 0.941. The van der Waals surface area contributed by atoms with E-state index in [1.807, 2.05) is 46.1 Å². The van der Waals surface area contributed by atoms with Gasteiger partial charge in [-0.2, -0.15) is 5.10 Å². The van der Waals surface area contributed by atoms with Gasteiger partial charge in [-0.3, -0.25) is 14.3 Å². The molecule has 1 fully saturated rings. The van der Waals surface area contributed by atoms with Crippen LogP contribution >= 0.6 is 0 Å². The molecule has 2 amide bonds. The van der Waals surface area contributed by atoms with Crippen LogP contribution in [0.15, 0.2) is 42.6 Å². The number of aromatic nitrogens is 2. The number of benzene rings is 1. The highest BCUT2D eigenvalue weighted by Crippen LogP contribution is 2.23. The third kappa shape index (κ3) is 3.00. The van der Waals surface area contributed by atoms with E-state index in [4.69, 9.17) is 0 Å². The van der Waals surface area contributed by atoms with Crippen molar-refractivity contribution < 1.29 is 9.59 Å². The lowest BCUT2D eigenvalue weighted by Crippen LogP contribution is -2.29. The highest BCUT2D eigenvalue weighted by molar-refractivity contribution is 5.94. The number of rotatable bonds is 3. The Morgan fingerprint density at radius 2 is 2.00 bits per heavy atom. The Balaban J connectivity index is 1.66. The topological polar surface area (TPSA) is 67.2 Å². The van der Waals surface area contributed by atoms with E-state index in [9.17, 15) is 9.59 Å². The maximum Gasteiger partial charge on any atom is 0.253 e. The van der Waals surface area contributed by atoms with E-state index in [0.29, 0.717) is 24.5 Å². The smallest absolute Gasteiger partial charge is 0.253 e. The third-order valence-electron chi connectivity index (χ3n) is 3.76. The number of anilines is 1. The van der Waals surface area contributed by atoms with Gasteiger partial charge in [0.15, 0.2) is 5.82 Å². The largest absolute Gasteiger partial charge is 0.336 e. The maximum absolute atomic E-state index is 12.4. The van der Waals surface area contributed by atoms with Gasteiger partial charge in [0, 0.05) is 37.8 Å². The Morgan fingerprint density at radius 3 is 2.73 bits per heavy atom. The van der Waals surface area contributed by atoms with E-state index in [2.05, 4.69) is 10.4 Å². The summed E-state index contributed by atoms with van der Waals surface area (Å²) >= 11 is 0. The molecule has 0 spiro atoms. The van der Waals surface area contributed by atoms with Crippen LogP contribution < -0.4 is 5.32 Å². The number of hydrogen-bond donors (Lipinski definition) is 1. The first-order chi connectivity index (χ1) is 10.6. The van der Waals surface area contributed by atoms with Crippen molar-refractivity contribution >= 4 is 17.6 Å².